The fraction of sp³-hybridized carbons (Fsp3) is 0.417. The molecule has 1 aromatic carbocycles. The number of likely N-dealkylation sites (tertiary alicyclic amines) is 1. The summed E-state index contributed by atoms with van der Waals surface area (Å²) in [5, 5.41) is 8.91. The van der Waals surface area contributed by atoms with E-state index in [9.17, 15) is 4.39 Å². The highest BCUT2D eigenvalue weighted by Gasteiger charge is 2.19. The summed E-state index contributed by atoms with van der Waals surface area (Å²) in [5.41, 5.74) is 7.10. The van der Waals surface area contributed by atoms with E-state index in [2.05, 4.69) is 4.90 Å². The zero-order valence-corrected chi connectivity index (χ0v) is 8.99. The van der Waals surface area contributed by atoms with Gasteiger partial charge in [0.2, 0.25) is 0 Å². The lowest BCUT2D eigenvalue weighted by atomic mass is 10.1. The highest BCUT2D eigenvalue weighted by molar-refractivity contribution is 5.37. The van der Waals surface area contributed by atoms with E-state index < -0.39 is 0 Å². The summed E-state index contributed by atoms with van der Waals surface area (Å²) < 4.78 is 12.9. The Kier molecular flexibility index (Phi) is 3.18. The summed E-state index contributed by atoms with van der Waals surface area (Å²) in [6, 6.07) is 6.61. The highest BCUT2D eigenvalue weighted by atomic mass is 19.1. The minimum Gasteiger partial charge on any atom is -0.326 e. The summed E-state index contributed by atoms with van der Waals surface area (Å²) in [5.74, 6) is -0.363. The van der Waals surface area contributed by atoms with Crippen LogP contribution in [-0.2, 0) is 6.54 Å². The Morgan fingerprint density at radius 3 is 3.00 bits per heavy atom. The van der Waals surface area contributed by atoms with Crippen molar-refractivity contribution in [1.82, 2.24) is 4.90 Å². The molecule has 1 heterocycles. The van der Waals surface area contributed by atoms with Crippen molar-refractivity contribution in [2.75, 3.05) is 13.1 Å². The third kappa shape index (κ3) is 2.38. The van der Waals surface area contributed by atoms with Crippen molar-refractivity contribution in [1.29, 1.82) is 5.26 Å². The fourth-order valence-corrected chi connectivity index (χ4v) is 2.04. The number of hydrogen-bond donors (Lipinski definition) is 1. The van der Waals surface area contributed by atoms with Crippen molar-refractivity contribution in [3.05, 3.63) is 35.1 Å². The standard InChI is InChI=1S/C12H14FN3/c13-11-2-1-9(10(5-11)6-14)7-16-4-3-12(15)8-16/h1-2,5,12H,3-4,7-8,15H2/t12-/m1/s1. The van der Waals surface area contributed by atoms with Crippen molar-refractivity contribution in [3.63, 3.8) is 0 Å². The lowest BCUT2D eigenvalue weighted by Crippen LogP contribution is -2.26. The lowest BCUT2D eigenvalue weighted by Gasteiger charge is -2.15. The van der Waals surface area contributed by atoms with E-state index in [1.165, 1.54) is 12.1 Å². The van der Waals surface area contributed by atoms with Crippen LogP contribution in [0.4, 0.5) is 4.39 Å². The normalized spacial score (nSPS) is 20.9. The number of benzene rings is 1. The first-order valence-electron chi connectivity index (χ1n) is 5.35. The van der Waals surface area contributed by atoms with Gasteiger partial charge in [0.05, 0.1) is 11.6 Å². The molecule has 3 nitrogen and oxygen atoms in total. The van der Waals surface area contributed by atoms with Gasteiger partial charge in [-0.3, -0.25) is 4.90 Å². The van der Waals surface area contributed by atoms with Crippen LogP contribution in [0.2, 0.25) is 0 Å². The van der Waals surface area contributed by atoms with Crippen LogP contribution >= 0.6 is 0 Å². The molecular weight excluding hydrogens is 205 g/mol. The molecule has 1 atom stereocenters. The van der Waals surface area contributed by atoms with E-state index in [0.717, 1.165) is 25.1 Å². The van der Waals surface area contributed by atoms with E-state index in [1.54, 1.807) is 6.07 Å². The van der Waals surface area contributed by atoms with Crippen LogP contribution in [-0.4, -0.2) is 24.0 Å². The van der Waals surface area contributed by atoms with Gasteiger partial charge in [-0.15, -0.1) is 0 Å². The largest absolute Gasteiger partial charge is 0.326 e. The van der Waals surface area contributed by atoms with E-state index in [4.69, 9.17) is 11.0 Å². The molecule has 1 aromatic rings. The summed E-state index contributed by atoms with van der Waals surface area (Å²) >= 11 is 0. The van der Waals surface area contributed by atoms with Crippen LogP contribution in [0.3, 0.4) is 0 Å². The second-order valence-electron chi connectivity index (χ2n) is 4.20. The highest BCUT2D eigenvalue weighted by Crippen LogP contribution is 2.16. The number of hydrogen-bond acceptors (Lipinski definition) is 3. The van der Waals surface area contributed by atoms with E-state index >= 15 is 0 Å². The zero-order chi connectivity index (χ0) is 11.5. The molecule has 2 rings (SSSR count). The molecule has 0 bridgehead atoms. The van der Waals surface area contributed by atoms with Gasteiger partial charge in [0.15, 0.2) is 0 Å². The quantitative estimate of drug-likeness (QED) is 0.814. The molecular formula is C12H14FN3. The number of nitrogens with zero attached hydrogens (tertiary/aromatic N) is 2. The first-order valence-corrected chi connectivity index (χ1v) is 5.35. The first kappa shape index (κ1) is 11.1. The van der Waals surface area contributed by atoms with Crippen LogP contribution in [0, 0.1) is 17.1 Å². The molecule has 0 aromatic heterocycles. The third-order valence-electron chi connectivity index (χ3n) is 2.90. The maximum absolute atomic E-state index is 12.9. The Labute approximate surface area is 94.3 Å². The van der Waals surface area contributed by atoms with Crippen molar-refractivity contribution >= 4 is 0 Å². The molecule has 1 fully saturated rings. The number of nitrogens with two attached hydrogens (primary N) is 1. The monoisotopic (exact) mass is 219 g/mol. The van der Waals surface area contributed by atoms with Crippen LogP contribution in [0.15, 0.2) is 18.2 Å². The van der Waals surface area contributed by atoms with Gasteiger partial charge in [-0.05, 0) is 24.1 Å². The minimum atomic E-state index is -0.363. The first-order chi connectivity index (χ1) is 7.69. The predicted molar refractivity (Wildman–Crippen MR) is 59.0 cm³/mol. The summed E-state index contributed by atoms with van der Waals surface area (Å²) in [7, 11) is 0. The average molecular weight is 219 g/mol. The second kappa shape index (κ2) is 4.60. The molecule has 16 heavy (non-hydrogen) atoms. The van der Waals surface area contributed by atoms with Gasteiger partial charge in [-0.1, -0.05) is 6.07 Å². The summed E-state index contributed by atoms with van der Waals surface area (Å²) in [4.78, 5) is 2.19. The predicted octanol–water partition coefficient (Wildman–Crippen LogP) is 1.23. The summed E-state index contributed by atoms with van der Waals surface area (Å²) in [6.07, 6.45) is 0.989. The molecule has 0 aliphatic carbocycles. The van der Waals surface area contributed by atoms with E-state index in [1.807, 2.05) is 6.07 Å². The molecule has 1 saturated heterocycles. The molecule has 2 N–H and O–H groups in total. The molecule has 0 saturated carbocycles. The van der Waals surface area contributed by atoms with Gasteiger partial charge >= 0.3 is 0 Å². The van der Waals surface area contributed by atoms with Crippen molar-refractivity contribution in [2.45, 2.75) is 19.0 Å². The van der Waals surface area contributed by atoms with Crippen LogP contribution in [0.5, 0.6) is 0 Å². The van der Waals surface area contributed by atoms with Crippen LogP contribution < -0.4 is 5.73 Å². The van der Waals surface area contributed by atoms with E-state index in [0.29, 0.717) is 12.1 Å². The second-order valence-corrected chi connectivity index (χ2v) is 4.20. The number of rotatable bonds is 2. The maximum Gasteiger partial charge on any atom is 0.124 e. The average Bonchev–Trinajstić information content (AvgIpc) is 2.67. The van der Waals surface area contributed by atoms with Crippen molar-refractivity contribution in [2.24, 2.45) is 5.73 Å². The lowest BCUT2D eigenvalue weighted by molar-refractivity contribution is 0.326. The molecule has 1 aliphatic rings. The Balaban J connectivity index is 2.12. The molecule has 1 aliphatic heterocycles. The van der Waals surface area contributed by atoms with Gasteiger partial charge in [-0.25, -0.2) is 4.39 Å². The topological polar surface area (TPSA) is 53.0 Å². The Hall–Kier alpha value is -1.44. The molecule has 4 heteroatoms. The van der Waals surface area contributed by atoms with Crippen LogP contribution in [0.1, 0.15) is 17.5 Å². The van der Waals surface area contributed by atoms with Gasteiger partial charge in [-0.2, -0.15) is 5.26 Å². The van der Waals surface area contributed by atoms with Gasteiger partial charge < -0.3 is 5.73 Å². The minimum absolute atomic E-state index is 0.228. The fourth-order valence-electron chi connectivity index (χ4n) is 2.04. The zero-order valence-electron chi connectivity index (χ0n) is 8.99. The van der Waals surface area contributed by atoms with Gasteiger partial charge in [0.1, 0.15) is 5.82 Å². The summed E-state index contributed by atoms with van der Waals surface area (Å²) in [6.45, 7) is 2.47. The molecule has 0 unspecified atom stereocenters. The molecule has 0 radical (unpaired) electrons. The van der Waals surface area contributed by atoms with Crippen molar-refractivity contribution in [3.8, 4) is 6.07 Å². The number of nitriles is 1. The van der Waals surface area contributed by atoms with Crippen molar-refractivity contribution < 1.29 is 4.39 Å². The Morgan fingerprint density at radius 2 is 2.38 bits per heavy atom. The maximum atomic E-state index is 12.9. The smallest absolute Gasteiger partial charge is 0.124 e. The molecule has 84 valence electrons. The molecule has 0 spiro atoms. The number of halogens is 1. The molecule has 0 amide bonds. The third-order valence-corrected chi connectivity index (χ3v) is 2.90. The SMILES string of the molecule is N#Cc1cc(F)ccc1CN1CC[C@@H](N)C1. The van der Waals surface area contributed by atoms with E-state index in [-0.39, 0.29) is 11.9 Å². The Bertz CT molecular complexity index is 425. The van der Waals surface area contributed by atoms with Gasteiger partial charge in [0, 0.05) is 25.7 Å². The Morgan fingerprint density at radius 1 is 1.56 bits per heavy atom. The van der Waals surface area contributed by atoms with Crippen LogP contribution in [0.25, 0.3) is 0 Å². The van der Waals surface area contributed by atoms with Gasteiger partial charge in [0.25, 0.3) is 0 Å².